The summed E-state index contributed by atoms with van der Waals surface area (Å²) in [7, 11) is -3.06. The molecule has 0 aromatic rings. The summed E-state index contributed by atoms with van der Waals surface area (Å²) in [5.74, 6) is -0.541. The summed E-state index contributed by atoms with van der Waals surface area (Å²) in [6.45, 7) is 18.2. The van der Waals surface area contributed by atoms with Crippen molar-refractivity contribution in [2.24, 2.45) is 0 Å². The summed E-state index contributed by atoms with van der Waals surface area (Å²) in [6, 6.07) is 0. The van der Waals surface area contributed by atoms with Gasteiger partial charge in [-0.15, -0.1) is 0 Å². The van der Waals surface area contributed by atoms with Crippen molar-refractivity contribution < 1.29 is 18.3 Å². The molecule has 1 rings (SSSR count). The van der Waals surface area contributed by atoms with Crippen LogP contribution >= 0.6 is 0 Å². The average Bonchev–Trinajstić information content (AvgIpc) is 2.45. The summed E-state index contributed by atoms with van der Waals surface area (Å²) in [4.78, 5) is 0. The Morgan fingerprint density at radius 1 is 0.789 bits per heavy atom. The molecule has 6 heteroatoms. The van der Waals surface area contributed by atoms with Crippen LogP contribution in [0.3, 0.4) is 0 Å². The van der Waals surface area contributed by atoms with E-state index in [9.17, 15) is 0 Å². The molecule has 1 fully saturated rings. The normalized spacial score (nSPS) is 27.8. The van der Waals surface area contributed by atoms with Crippen molar-refractivity contribution in [2.75, 3.05) is 13.2 Å². The number of rotatable bonds is 6. The largest absolute Gasteiger partial charge is 0.415 e. The minimum atomic E-state index is -1.53. The Morgan fingerprint density at radius 2 is 1.11 bits per heavy atom. The van der Waals surface area contributed by atoms with Gasteiger partial charge in [-0.05, 0) is 53.1 Å². The Kier molecular flexibility index (Phi) is 5.43. The first-order chi connectivity index (χ1) is 8.38. The van der Waals surface area contributed by atoms with Crippen LogP contribution in [0.2, 0.25) is 39.3 Å². The predicted octanol–water partition coefficient (Wildman–Crippen LogP) is 3.21. The molecule has 1 aliphatic rings. The molecule has 0 radical (unpaired) electrons. The second-order valence-electron chi connectivity index (χ2n) is 7.56. The Hall–Kier alpha value is 0.274. The van der Waals surface area contributed by atoms with Crippen molar-refractivity contribution in [3.8, 4) is 0 Å². The van der Waals surface area contributed by atoms with Crippen LogP contribution in [0.15, 0.2) is 0 Å². The van der Waals surface area contributed by atoms with Crippen LogP contribution in [0, 0.1) is 0 Å². The highest BCUT2D eigenvalue weighted by molar-refractivity contribution is 6.70. The lowest BCUT2D eigenvalue weighted by atomic mass is 10.2. The fourth-order valence-corrected chi connectivity index (χ4v) is 3.18. The van der Waals surface area contributed by atoms with Crippen LogP contribution in [0.1, 0.15) is 13.8 Å². The predicted molar refractivity (Wildman–Crippen MR) is 82.4 cm³/mol. The van der Waals surface area contributed by atoms with Crippen LogP contribution in [0.5, 0.6) is 0 Å². The van der Waals surface area contributed by atoms with Gasteiger partial charge in [-0.1, -0.05) is 0 Å². The second kappa shape index (κ2) is 5.95. The number of hydrogen-bond donors (Lipinski definition) is 0. The lowest BCUT2D eigenvalue weighted by Crippen LogP contribution is -2.39. The lowest BCUT2D eigenvalue weighted by molar-refractivity contribution is -0.150. The maximum absolute atomic E-state index is 5.96. The molecule has 1 saturated heterocycles. The first-order valence-electron chi connectivity index (χ1n) is 7.02. The van der Waals surface area contributed by atoms with E-state index in [1.807, 2.05) is 13.8 Å². The molecule has 0 aromatic carbocycles. The number of ether oxygens (including phenoxy) is 2. The van der Waals surface area contributed by atoms with Crippen molar-refractivity contribution >= 4 is 16.6 Å². The summed E-state index contributed by atoms with van der Waals surface area (Å²) >= 11 is 0. The third-order valence-corrected chi connectivity index (χ3v) is 4.71. The third-order valence-electron chi connectivity index (χ3n) is 2.65. The van der Waals surface area contributed by atoms with E-state index in [1.54, 1.807) is 0 Å². The Balaban J connectivity index is 2.55. The van der Waals surface area contributed by atoms with Crippen LogP contribution in [-0.2, 0) is 18.3 Å². The van der Waals surface area contributed by atoms with E-state index < -0.39 is 22.4 Å². The van der Waals surface area contributed by atoms with Gasteiger partial charge in [-0.3, -0.25) is 0 Å². The minimum absolute atomic E-state index is 0.0296. The van der Waals surface area contributed by atoms with Crippen molar-refractivity contribution in [1.82, 2.24) is 0 Å². The van der Waals surface area contributed by atoms with Gasteiger partial charge in [0.1, 0.15) is 12.2 Å². The molecule has 0 aliphatic carbocycles. The van der Waals surface area contributed by atoms with Gasteiger partial charge in [-0.2, -0.15) is 0 Å². The van der Waals surface area contributed by atoms with Crippen molar-refractivity contribution in [2.45, 2.75) is 71.1 Å². The van der Waals surface area contributed by atoms with Crippen molar-refractivity contribution in [3.63, 3.8) is 0 Å². The molecule has 0 saturated carbocycles. The van der Waals surface area contributed by atoms with Gasteiger partial charge >= 0.3 is 0 Å². The van der Waals surface area contributed by atoms with E-state index in [0.717, 1.165) is 0 Å². The smallest absolute Gasteiger partial charge is 0.183 e. The van der Waals surface area contributed by atoms with E-state index in [2.05, 4.69) is 39.3 Å². The number of hydrogen-bond acceptors (Lipinski definition) is 4. The zero-order chi connectivity index (χ0) is 14.9. The van der Waals surface area contributed by atoms with Crippen LogP contribution in [0.4, 0.5) is 0 Å². The monoisotopic (exact) mass is 306 g/mol. The molecule has 0 spiro atoms. The summed E-state index contributed by atoms with van der Waals surface area (Å²) < 4.78 is 23.8. The van der Waals surface area contributed by atoms with Gasteiger partial charge in [0.25, 0.3) is 0 Å². The first-order valence-corrected chi connectivity index (χ1v) is 13.8. The topological polar surface area (TPSA) is 36.9 Å². The van der Waals surface area contributed by atoms with E-state index in [-0.39, 0.29) is 12.2 Å². The molecule has 114 valence electrons. The molecular formula is C13H30O4Si2. The Bertz CT molecular complexity index is 266. The average molecular weight is 307 g/mol. The highest BCUT2D eigenvalue weighted by Gasteiger charge is 2.42. The SMILES string of the molecule is CC1(C)O[C@H](CO[Si](C)(C)C)[C@@H](CO[Si](C)(C)C)O1. The molecule has 19 heavy (non-hydrogen) atoms. The molecule has 1 heterocycles. The molecule has 0 aromatic heterocycles. The van der Waals surface area contributed by atoms with Crippen LogP contribution in [-0.4, -0.2) is 47.8 Å². The highest BCUT2D eigenvalue weighted by atomic mass is 28.4. The third kappa shape index (κ3) is 7.01. The maximum Gasteiger partial charge on any atom is 0.183 e. The summed E-state index contributed by atoms with van der Waals surface area (Å²) in [5, 5.41) is 0. The van der Waals surface area contributed by atoms with E-state index in [1.165, 1.54) is 0 Å². The Labute approximate surface area is 120 Å². The van der Waals surface area contributed by atoms with E-state index >= 15 is 0 Å². The quantitative estimate of drug-likeness (QED) is 0.706. The van der Waals surface area contributed by atoms with Gasteiger partial charge in [0.2, 0.25) is 0 Å². The molecule has 0 bridgehead atoms. The van der Waals surface area contributed by atoms with Gasteiger partial charge in [0, 0.05) is 0 Å². The molecule has 4 nitrogen and oxygen atoms in total. The Morgan fingerprint density at radius 3 is 1.37 bits per heavy atom. The summed E-state index contributed by atoms with van der Waals surface area (Å²) in [6.07, 6.45) is -0.0591. The first kappa shape index (κ1) is 17.3. The zero-order valence-corrected chi connectivity index (χ0v) is 15.7. The fraction of sp³-hybridized carbons (Fsp3) is 1.00. The minimum Gasteiger partial charge on any atom is -0.415 e. The van der Waals surface area contributed by atoms with Gasteiger partial charge in [0.15, 0.2) is 22.4 Å². The highest BCUT2D eigenvalue weighted by Crippen LogP contribution is 2.29. The molecule has 0 amide bonds. The van der Waals surface area contributed by atoms with E-state index in [0.29, 0.717) is 13.2 Å². The van der Waals surface area contributed by atoms with Crippen molar-refractivity contribution in [1.29, 1.82) is 0 Å². The molecule has 1 aliphatic heterocycles. The molecular weight excluding hydrogens is 276 g/mol. The zero-order valence-electron chi connectivity index (χ0n) is 13.7. The van der Waals surface area contributed by atoms with Gasteiger partial charge < -0.3 is 18.3 Å². The lowest BCUT2D eigenvalue weighted by Gasteiger charge is -2.25. The van der Waals surface area contributed by atoms with Crippen LogP contribution in [0.25, 0.3) is 0 Å². The van der Waals surface area contributed by atoms with Crippen molar-refractivity contribution in [3.05, 3.63) is 0 Å². The van der Waals surface area contributed by atoms with Gasteiger partial charge in [0.05, 0.1) is 13.2 Å². The van der Waals surface area contributed by atoms with Crippen LogP contribution < -0.4 is 0 Å². The second-order valence-corrected chi connectivity index (χ2v) is 16.6. The summed E-state index contributed by atoms with van der Waals surface area (Å²) in [5.41, 5.74) is 0. The fourth-order valence-electron chi connectivity index (χ4n) is 1.86. The molecule has 0 N–H and O–H groups in total. The molecule has 0 unspecified atom stereocenters. The molecule has 2 atom stereocenters. The maximum atomic E-state index is 5.96. The van der Waals surface area contributed by atoms with E-state index in [4.69, 9.17) is 18.3 Å². The van der Waals surface area contributed by atoms with Gasteiger partial charge in [-0.25, -0.2) is 0 Å². The standard InChI is InChI=1S/C13H30O4Si2/c1-13(2)16-11(9-14-18(3,4)5)12(17-13)10-15-19(6,7)8/h11-12H,9-10H2,1-8H3/t11-,12-/m1/s1.